The van der Waals surface area contributed by atoms with Crippen LogP contribution in [0, 0.1) is 5.82 Å². The number of nitrogens with one attached hydrogen (secondary N) is 2. The maximum atomic E-state index is 13.7. The second kappa shape index (κ2) is 8.82. The number of amides is 1. The molecule has 4 N–H and O–H groups in total. The number of hydrogen-bond donors (Lipinski definition) is 3. The number of benzene rings is 2. The summed E-state index contributed by atoms with van der Waals surface area (Å²) in [5.41, 5.74) is 9.41. The first-order valence-corrected chi connectivity index (χ1v) is 9.03. The Morgan fingerprint density at radius 3 is 2.68 bits per heavy atom. The van der Waals surface area contributed by atoms with Crippen molar-refractivity contribution in [3.63, 3.8) is 0 Å². The summed E-state index contributed by atoms with van der Waals surface area (Å²) in [4.78, 5) is 12.7. The average Bonchev–Trinajstić information content (AvgIpc) is 3.40. The third kappa shape index (κ3) is 4.37. The number of rotatable bonds is 7. The van der Waals surface area contributed by atoms with Crippen LogP contribution in [0.3, 0.4) is 0 Å². The van der Waals surface area contributed by atoms with Gasteiger partial charge in [-0.25, -0.2) is 14.4 Å². The van der Waals surface area contributed by atoms with Crippen LogP contribution in [0.4, 0.5) is 15.9 Å². The van der Waals surface area contributed by atoms with E-state index in [1.807, 2.05) is 30.3 Å². The highest BCUT2D eigenvalue weighted by Gasteiger charge is 2.23. The normalized spacial score (nSPS) is 11.0. The molecule has 0 saturated heterocycles. The van der Waals surface area contributed by atoms with Crippen molar-refractivity contribution in [2.24, 2.45) is 5.10 Å². The lowest BCUT2D eigenvalue weighted by molar-refractivity contribution is 0.0949. The summed E-state index contributed by atoms with van der Waals surface area (Å²) in [7, 11) is 0. The summed E-state index contributed by atoms with van der Waals surface area (Å²) in [5.74, 6) is -1.05. The van der Waals surface area contributed by atoms with Crippen LogP contribution < -0.4 is 16.5 Å². The lowest BCUT2D eigenvalue weighted by atomic mass is 10.2. The van der Waals surface area contributed by atoms with Gasteiger partial charge in [0.05, 0.1) is 18.5 Å². The maximum Gasteiger partial charge on any atom is 0.293 e. The molecular formula is C19H16FN9O2. The lowest BCUT2D eigenvalue weighted by Crippen LogP contribution is -2.21. The largest absolute Gasteiger partial charge is 0.379 e. The highest BCUT2D eigenvalue weighted by atomic mass is 19.1. The van der Waals surface area contributed by atoms with Crippen LogP contribution in [0.1, 0.15) is 21.7 Å². The molecule has 0 bridgehead atoms. The van der Waals surface area contributed by atoms with Gasteiger partial charge in [0.15, 0.2) is 5.69 Å². The van der Waals surface area contributed by atoms with E-state index < -0.39 is 11.7 Å². The van der Waals surface area contributed by atoms with E-state index in [-0.39, 0.29) is 29.4 Å². The zero-order chi connectivity index (χ0) is 21.6. The first kappa shape index (κ1) is 19.7. The first-order chi connectivity index (χ1) is 15.1. The summed E-state index contributed by atoms with van der Waals surface area (Å²) in [6.45, 7) is 0.156. The van der Waals surface area contributed by atoms with Gasteiger partial charge < -0.3 is 11.1 Å². The second-order valence-corrected chi connectivity index (χ2v) is 6.21. The van der Waals surface area contributed by atoms with E-state index in [1.54, 1.807) is 12.1 Å². The van der Waals surface area contributed by atoms with Gasteiger partial charge in [0.25, 0.3) is 5.91 Å². The van der Waals surface area contributed by atoms with Gasteiger partial charge in [-0.3, -0.25) is 4.79 Å². The molecule has 12 heteroatoms. The standard InChI is InChI=1S/C19H16FN9O2/c20-14-9-5-4-6-12(14)10-23-25-19(30)16-15(11-22-13-7-2-1-3-8-13)29(28-24-16)18-17(21)26-31-27-18/h1-10,22H,11H2,(H2,21,26)(H,25,30). The number of aromatic nitrogens is 5. The monoisotopic (exact) mass is 421 g/mol. The van der Waals surface area contributed by atoms with Crippen molar-refractivity contribution in [1.29, 1.82) is 0 Å². The minimum atomic E-state index is -0.654. The van der Waals surface area contributed by atoms with Crippen LogP contribution in [0.15, 0.2) is 64.3 Å². The second-order valence-electron chi connectivity index (χ2n) is 6.21. The Morgan fingerprint density at radius 1 is 1.16 bits per heavy atom. The zero-order valence-electron chi connectivity index (χ0n) is 15.9. The lowest BCUT2D eigenvalue weighted by Gasteiger charge is -2.08. The van der Waals surface area contributed by atoms with Crippen LogP contribution >= 0.6 is 0 Å². The highest BCUT2D eigenvalue weighted by Crippen LogP contribution is 2.17. The molecule has 4 aromatic rings. The van der Waals surface area contributed by atoms with Gasteiger partial charge in [-0.05, 0) is 28.5 Å². The maximum absolute atomic E-state index is 13.7. The number of hydrogen-bond acceptors (Lipinski definition) is 9. The first-order valence-electron chi connectivity index (χ1n) is 9.03. The van der Waals surface area contributed by atoms with E-state index in [1.165, 1.54) is 23.0 Å². The molecule has 1 amide bonds. The number of nitrogens with zero attached hydrogens (tertiary/aromatic N) is 6. The topological polar surface area (TPSA) is 149 Å². The Kier molecular flexibility index (Phi) is 5.60. The van der Waals surface area contributed by atoms with E-state index in [0.717, 1.165) is 5.69 Å². The van der Waals surface area contributed by atoms with Crippen LogP contribution in [-0.2, 0) is 6.54 Å². The zero-order valence-corrected chi connectivity index (χ0v) is 15.9. The van der Waals surface area contributed by atoms with Gasteiger partial charge in [0.2, 0.25) is 11.6 Å². The minimum absolute atomic E-state index is 0.0182. The molecule has 0 radical (unpaired) electrons. The number of nitrogens with two attached hydrogens (primary N) is 1. The molecule has 0 atom stereocenters. The Labute approximate surface area is 174 Å². The fourth-order valence-electron chi connectivity index (χ4n) is 2.68. The molecule has 0 unspecified atom stereocenters. The third-order valence-electron chi connectivity index (χ3n) is 4.18. The van der Waals surface area contributed by atoms with Crippen molar-refractivity contribution in [1.82, 2.24) is 30.7 Å². The number of para-hydroxylation sites is 1. The van der Waals surface area contributed by atoms with Crippen molar-refractivity contribution in [3.8, 4) is 5.82 Å². The molecule has 31 heavy (non-hydrogen) atoms. The fourth-order valence-corrected chi connectivity index (χ4v) is 2.68. The summed E-state index contributed by atoms with van der Waals surface area (Å²) in [5, 5.41) is 22.0. The molecule has 0 saturated carbocycles. The van der Waals surface area contributed by atoms with Gasteiger partial charge in [0, 0.05) is 11.3 Å². The molecule has 0 aliphatic rings. The Hall–Kier alpha value is -4.61. The van der Waals surface area contributed by atoms with Crippen molar-refractivity contribution < 1.29 is 13.8 Å². The van der Waals surface area contributed by atoms with Crippen molar-refractivity contribution in [2.75, 3.05) is 11.1 Å². The van der Waals surface area contributed by atoms with E-state index in [4.69, 9.17) is 5.73 Å². The van der Waals surface area contributed by atoms with Crippen LogP contribution in [-0.4, -0.2) is 37.4 Å². The van der Waals surface area contributed by atoms with E-state index >= 15 is 0 Å². The van der Waals surface area contributed by atoms with E-state index in [2.05, 4.69) is 41.1 Å². The quantitative estimate of drug-likeness (QED) is 0.302. The van der Waals surface area contributed by atoms with Crippen molar-refractivity contribution in [3.05, 3.63) is 77.4 Å². The van der Waals surface area contributed by atoms with Gasteiger partial charge in [-0.15, -0.1) is 5.10 Å². The minimum Gasteiger partial charge on any atom is -0.379 e. The fraction of sp³-hybridized carbons (Fsp3) is 0.0526. The molecule has 11 nitrogen and oxygen atoms in total. The third-order valence-corrected chi connectivity index (χ3v) is 4.18. The van der Waals surface area contributed by atoms with E-state index in [9.17, 15) is 9.18 Å². The Balaban J connectivity index is 1.58. The average molecular weight is 421 g/mol. The molecule has 0 fully saturated rings. The summed E-state index contributed by atoms with van der Waals surface area (Å²) in [6, 6.07) is 15.4. The predicted octanol–water partition coefficient (Wildman–Crippen LogP) is 1.75. The molecule has 156 valence electrons. The molecule has 2 aromatic carbocycles. The Bertz CT molecular complexity index is 1220. The molecule has 2 aromatic heterocycles. The number of halogens is 1. The number of carbonyl (C=O) groups excluding carboxylic acids is 1. The Morgan fingerprint density at radius 2 is 1.94 bits per heavy atom. The van der Waals surface area contributed by atoms with Gasteiger partial charge >= 0.3 is 0 Å². The molecule has 0 aliphatic carbocycles. The SMILES string of the molecule is Nc1nonc1-n1nnc(C(=O)NN=Cc2ccccc2F)c1CNc1ccccc1. The number of anilines is 2. The van der Waals surface area contributed by atoms with Gasteiger partial charge in [-0.1, -0.05) is 41.6 Å². The molecule has 0 spiro atoms. The molecular weight excluding hydrogens is 405 g/mol. The van der Waals surface area contributed by atoms with Crippen LogP contribution in [0.5, 0.6) is 0 Å². The summed E-state index contributed by atoms with van der Waals surface area (Å²) >= 11 is 0. The summed E-state index contributed by atoms with van der Waals surface area (Å²) < 4.78 is 19.6. The number of carbonyl (C=O) groups is 1. The molecule has 0 aliphatic heterocycles. The van der Waals surface area contributed by atoms with E-state index in [0.29, 0.717) is 5.69 Å². The number of hydrazone groups is 1. The summed E-state index contributed by atoms with van der Waals surface area (Å²) in [6.07, 6.45) is 1.19. The van der Waals surface area contributed by atoms with Crippen molar-refractivity contribution >= 4 is 23.6 Å². The van der Waals surface area contributed by atoms with Crippen molar-refractivity contribution in [2.45, 2.75) is 6.54 Å². The van der Waals surface area contributed by atoms with Gasteiger partial charge in [-0.2, -0.15) is 9.78 Å². The smallest absolute Gasteiger partial charge is 0.293 e. The highest BCUT2D eigenvalue weighted by molar-refractivity contribution is 5.94. The number of nitrogen functional groups attached to an aromatic ring is 1. The molecule has 2 heterocycles. The molecule has 4 rings (SSSR count). The van der Waals surface area contributed by atoms with Crippen LogP contribution in [0.2, 0.25) is 0 Å². The van der Waals surface area contributed by atoms with Gasteiger partial charge in [0.1, 0.15) is 5.82 Å². The predicted molar refractivity (Wildman–Crippen MR) is 109 cm³/mol. The van der Waals surface area contributed by atoms with Crippen LogP contribution in [0.25, 0.3) is 5.82 Å².